The van der Waals surface area contributed by atoms with Gasteiger partial charge in [-0.2, -0.15) is 9.97 Å². The van der Waals surface area contributed by atoms with E-state index in [1.165, 1.54) is 6.33 Å². The number of nitrogens with zero attached hydrogens (tertiary/aromatic N) is 4. The molecule has 0 atom stereocenters. The number of halogens is 1. The Kier molecular flexibility index (Phi) is 3.03. The smallest absolute Gasteiger partial charge is 0.276 e. The fourth-order valence-electron chi connectivity index (χ4n) is 1.69. The number of nitrogens with one attached hydrogen (secondary N) is 2. The van der Waals surface area contributed by atoms with Crippen molar-refractivity contribution in [2.24, 2.45) is 0 Å². The first-order valence-corrected chi connectivity index (χ1v) is 6.13. The van der Waals surface area contributed by atoms with Crippen LogP contribution in [0.4, 0.5) is 5.95 Å². The van der Waals surface area contributed by atoms with Crippen molar-refractivity contribution in [2.45, 2.75) is 6.92 Å². The normalized spacial score (nSPS) is 10.7. The molecule has 0 aliphatic carbocycles. The molecule has 7 nitrogen and oxygen atoms in total. The van der Waals surface area contributed by atoms with Gasteiger partial charge < -0.3 is 4.98 Å². The van der Waals surface area contributed by atoms with Gasteiger partial charge >= 0.3 is 0 Å². The summed E-state index contributed by atoms with van der Waals surface area (Å²) < 4.78 is 0. The van der Waals surface area contributed by atoms with Gasteiger partial charge in [0.05, 0.1) is 6.33 Å². The number of hydrogen-bond acceptors (Lipinski definition) is 5. The second-order valence-corrected chi connectivity index (χ2v) is 4.42. The van der Waals surface area contributed by atoms with E-state index >= 15 is 0 Å². The number of aryl methyl sites for hydroxylation is 1. The molecule has 0 saturated carbocycles. The number of carbonyl (C=O) groups excluding carboxylic acids is 1. The van der Waals surface area contributed by atoms with Gasteiger partial charge in [0.2, 0.25) is 5.95 Å². The molecule has 3 rings (SSSR count). The molecule has 0 bridgehead atoms. The van der Waals surface area contributed by atoms with Gasteiger partial charge in [-0.1, -0.05) is 17.7 Å². The average Bonchev–Trinajstić information content (AvgIpc) is 2.87. The fourth-order valence-corrected chi connectivity index (χ4v) is 1.91. The van der Waals surface area contributed by atoms with Gasteiger partial charge in [0, 0.05) is 5.69 Å². The molecule has 3 aromatic heterocycles. The van der Waals surface area contributed by atoms with Crippen molar-refractivity contribution < 1.29 is 4.79 Å². The Balaban J connectivity index is 1.91. The molecule has 1 amide bonds. The summed E-state index contributed by atoms with van der Waals surface area (Å²) >= 11 is 5.97. The number of pyridine rings is 1. The van der Waals surface area contributed by atoms with Crippen LogP contribution in [0.15, 0.2) is 24.5 Å². The summed E-state index contributed by atoms with van der Waals surface area (Å²) in [6, 6.07) is 5.17. The molecule has 0 aromatic carbocycles. The molecule has 100 valence electrons. The highest BCUT2D eigenvalue weighted by Gasteiger charge is 2.12. The largest absolute Gasteiger partial charge is 0.341 e. The molecular formula is C12H9ClN6O. The standard InChI is InChI=1S/C12H9ClN6O/c1-6-3-2-4-7(16-6)11(20)19-12-17-9(13)8-10(18-12)15-5-14-8/h2-5H,1H3,(H2,14,15,17,18,19,20). The molecule has 0 saturated heterocycles. The molecule has 0 unspecified atom stereocenters. The van der Waals surface area contributed by atoms with E-state index in [1.54, 1.807) is 25.1 Å². The number of amides is 1. The molecule has 0 fully saturated rings. The fraction of sp³-hybridized carbons (Fsp3) is 0.0833. The van der Waals surface area contributed by atoms with Crippen LogP contribution in [0, 0.1) is 6.92 Å². The maximum Gasteiger partial charge on any atom is 0.276 e. The Bertz CT molecular complexity index is 799. The molecule has 8 heteroatoms. The van der Waals surface area contributed by atoms with Crippen LogP contribution < -0.4 is 5.32 Å². The maximum absolute atomic E-state index is 12.0. The Hall–Kier alpha value is -2.54. The van der Waals surface area contributed by atoms with Crippen LogP contribution in [0.2, 0.25) is 5.15 Å². The van der Waals surface area contributed by atoms with E-state index in [9.17, 15) is 4.79 Å². The molecule has 20 heavy (non-hydrogen) atoms. The Labute approximate surface area is 118 Å². The average molecular weight is 289 g/mol. The second kappa shape index (κ2) is 4.86. The van der Waals surface area contributed by atoms with Crippen LogP contribution in [0.1, 0.15) is 16.2 Å². The summed E-state index contributed by atoms with van der Waals surface area (Å²) in [5, 5.41) is 2.74. The van der Waals surface area contributed by atoms with E-state index in [2.05, 4.69) is 30.2 Å². The van der Waals surface area contributed by atoms with Crippen molar-refractivity contribution in [1.29, 1.82) is 0 Å². The van der Waals surface area contributed by atoms with Crippen molar-refractivity contribution in [1.82, 2.24) is 24.9 Å². The van der Waals surface area contributed by atoms with Crippen LogP contribution in [-0.2, 0) is 0 Å². The minimum atomic E-state index is -0.403. The summed E-state index contributed by atoms with van der Waals surface area (Å²) in [6.07, 6.45) is 1.46. The summed E-state index contributed by atoms with van der Waals surface area (Å²) in [6.45, 7) is 1.81. The number of fused-ring (bicyclic) bond motifs is 1. The molecule has 3 heterocycles. The van der Waals surface area contributed by atoms with Gasteiger partial charge in [0.1, 0.15) is 11.2 Å². The molecule has 0 spiro atoms. The molecule has 3 aromatic rings. The third kappa shape index (κ3) is 2.30. The van der Waals surface area contributed by atoms with E-state index in [1.807, 2.05) is 0 Å². The molecule has 2 N–H and O–H groups in total. The monoisotopic (exact) mass is 288 g/mol. The number of anilines is 1. The van der Waals surface area contributed by atoms with Crippen molar-refractivity contribution in [3.8, 4) is 0 Å². The Morgan fingerprint density at radius 2 is 2.15 bits per heavy atom. The third-order valence-electron chi connectivity index (χ3n) is 2.59. The van der Waals surface area contributed by atoms with Gasteiger partial charge in [-0.15, -0.1) is 0 Å². The number of imidazole rings is 1. The lowest BCUT2D eigenvalue weighted by Crippen LogP contribution is -2.16. The van der Waals surface area contributed by atoms with Gasteiger partial charge in [0.25, 0.3) is 5.91 Å². The quantitative estimate of drug-likeness (QED) is 0.703. The van der Waals surface area contributed by atoms with Gasteiger partial charge in [-0.25, -0.2) is 9.97 Å². The summed E-state index contributed by atoms with van der Waals surface area (Å²) in [5.41, 5.74) is 1.95. The zero-order chi connectivity index (χ0) is 14.1. The summed E-state index contributed by atoms with van der Waals surface area (Å²) in [7, 11) is 0. The third-order valence-corrected chi connectivity index (χ3v) is 2.86. The topological polar surface area (TPSA) is 96.5 Å². The number of aromatic nitrogens is 5. The highest BCUT2D eigenvalue weighted by atomic mass is 35.5. The lowest BCUT2D eigenvalue weighted by atomic mass is 10.3. The number of aromatic amines is 1. The SMILES string of the molecule is Cc1cccc(C(=O)Nc2nc(Cl)c3[nH]cnc3n2)n1. The zero-order valence-corrected chi connectivity index (χ0v) is 11.1. The van der Waals surface area contributed by atoms with E-state index in [0.29, 0.717) is 11.2 Å². The minimum Gasteiger partial charge on any atom is -0.341 e. The number of H-pyrrole nitrogens is 1. The van der Waals surface area contributed by atoms with E-state index in [4.69, 9.17) is 11.6 Å². The first kappa shape index (κ1) is 12.5. The maximum atomic E-state index is 12.0. The van der Waals surface area contributed by atoms with Gasteiger partial charge in [0.15, 0.2) is 10.8 Å². The first-order chi connectivity index (χ1) is 9.63. The number of carbonyl (C=O) groups is 1. The predicted molar refractivity (Wildman–Crippen MR) is 73.6 cm³/mol. The summed E-state index contributed by atoms with van der Waals surface area (Å²) in [5.74, 6) is -0.317. The minimum absolute atomic E-state index is 0.0860. The van der Waals surface area contributed by atoms with E-state index in [0.717, 1.165) is 5.69 Å². The molecular weight excluding hydrogens is 280 g/mol. The van der Waals surface area contributed by atoms with Crippen LogP contribution in [0.3, 0.4) is 0 Å². The van der Waals surface area contributed by atoms with E-state index < -0.39 is 5.91 Å². The van der Waals surface area contributed by atoms with Crippen molar-refractivity contribution in [3.05, 3.63) is 41.1 Å². The van der Waals surface area contributed by atoms with Crippen LogP contribution in [0.25, 0.3) is 11.2 Å². The van der Waals surface area contributed by atoms with Crippen molar-refractivity contribution >= 4 is 34.6 Å². The van der Waals surface area contributed by atoms with Crippen molar-refractivity contribution in [3.63, 3.8) is 0 Å². The highest BCUT2D eigenvalue weighted by molar-refractivity contribution is 6.33. The van der Waals surface area contributed by atoms with Gasteiger partial charge in [-0.3, -0.25) is 10.1 Å². The number of rotatable bonds is 2. The Morgan fingerprint density at radius 3 is 2.95 bits per heavy atom. The molecule has 0 aliphatic heterocycles. The van der Waals surface area contributed by atoms with Crippen molar-refractivity contribution in [2.75, 3.05) is 5.32 Å². The van der Waals surface area contributed by atoms with E-state index in [-0.39, 0.29) is 16.8 Å². The van der Waals surface area contributed by atoms with Crippen LogP contribution in [0.5, 0.6) is 0 Å². The zero-order valence-electron chi connectivity index (χ0n) is 10.4. The molecule has 0 aliphatic rings. The van der Waals surface area contributed by atoms with Gasteiger partial charge in [-0.05, 0) is 19.1 Å². The highest BCUT2D eigenvalue weighted by Crippen LogP contribution is 2.18. The lowest BCUT2D eigenvalue weighted by Gasteiger charge is -2.04. The number of hydrogen-bond donors (Lipinski definition) is 2. The van der Waals surface area contributed by atoms with Crippen LogP contribution >= 0.6 is 11.6 Å². The Morgan fingerprint density at radius 1 is 1.30 bits per heavy atom. The second-order valence-electron chi connectivity index (χ2n) is 4.06. The summed E-state index contributed by atoms with van der Waals surface area (Å²) in [4.78, 5) is 31.0. The van der Waals surface area contributed by atoms with Crippen LogP contribution in [-0.4, -0.2) is 30.8 Å². The predicted octanol–water partition coefficient (Wildman–Crippen LogP) is 1.96. The first-order valence-electron chi connectivity index (χ1n) is 5.75. The lowest BCUT2D eigenvalue weighted by molar-refractivity contribution is 0.102. The molecule has 0 radical (unpaired) electrons.